The first-order valence-electron chi connectivity index (χ1n) is 7.50. The van der Waals surface area contributed by atoms with Crippen LogP contribution in [0.5, 0.6) is 0 Å². The van der Waals surface area contributed by atoms with Crippen LogP contribution in [0.15, 0.2) is 36.4 Å². The van der Waals surface area contributed by atoms with E-state index in [0.29, 0.717) is 23.4 Å². The highest BCUT2D eigenvalue weighted by atomic mass is 19.1. The number of hydrogen-bond acceptors (Lipinski definition) is 2. The molecule has 1 amide bonds. The van der Waals surface area contributed by atoms with E-state index in [1.807, 2.05) is 26.8 Å². The molecule has 0 fully saturated rings. The van der Waals surface area contributed by atoms with Crippen LogP contribution in [0.4, 0.5) is 4.39 Å². The van der Waals surface area contributed by atoms with Crippen molar-refractivity contribution in [2.45, 2.75) is 33.7 Å². The number of aryl methyl sites for hydroxylation is 2. The highest BCUT2D eigenvalue weighted by molar-refractivity contribution is 5.95. The second kappa shape index (κ2) is 7.16. The Balaban J connectivity index is 2.27. The van der Waals surface area contributed by atoms with Gasteiger partial charge in [-0.05, 0) is 38.5 Å². The van der Waals surface area contributed by atoms with Gasteiger partial charge in [0.25, 0.3) is 5.91 Å². The van der Waals surface area contributed by atoms with E-state index in [2.05, 4.69) is 4.98 Å². The number of halogens is 1. The predicted octanol–water partition coefficient (Wildman–Crippen LogP) is 3.89. The van der Waals surface area contributed by atoms with E-state index >= 15 is 0 Å². The normalized spacial score (nSPS) is 10.5. The Morgan fingerprint density at radius 1 is 1.18 bits per heavy atom. The lowest BCUT2D eigenvalue weighted by Crippen LogP contribution is -2.32. The summed E-state index contributed by atoms with van der Waals surface area (Å²) in [6.07, 6.45) is 0.818. The van der Waals surface area contributed by atoms with Crippen LogP contribution < -0.4 is 0 Å². The van der Waals surface area contributed by atoms with Gasteiger partial charge in [0.1, 0.15) is 5.82 Å². The van der Waals surface area contributed by atoms with Gasteiger partial charge in [-0.25, -0.2) is 4.39 Å². The first-order chi connectivity index (χ1) is 10.5. The summed E-state index contributed by atoms with van der Waals surface area (Å²) in [4.78, 5) is 18.8. The van der Waals surface area contributed by atoms with E-state index in [1.54, 1.807) is 29.2 Å². The zero-order chi connectivity index (χ0) is 16.1. The van der Waals surface area contributed by atoms with Crippen LogP contribution >= 0.6 is 0 Å². The lowest BCUT2D eigenvalue weighted by molar-refractivity contribution is 0.0740. The van der Waals surface area contributed by atoms with Crippen molar-refractivity contribution >= 4 is 5.91 Å². The minimum absolute atomic E-state index is 0.102. The van der Waals surface area contributed by atoms with Gasteiger partial charge in [0.15, 0.2) is 0 Å². The zero-order valence-corrected chi connectivity index (χ0v) is 13.3. The van der Waals surface area contributed by atoms with E-state index in [4.69, 9.17) is 0 Å². The minimum Gasteiger partial charge on any atom is -0.334 e. The quantitative estimate of drug-likeness (QED) is 0.839. The lowest BCUT2D eigenvalue weighted by atomic mass is 10.1. The van der Waals surface area contributed by atoms with Gasteiger partial charge in [-0.15, -0.1) is 0 Å². The van der Waals surface area contributed by atoms with Gasteiger partial charge >= 0.3 is 0 Å². The summed E-state index contributed by atoms with van der Waals surface area (Å²) in [5.41, 5.74) is 2.70. The van der Waals surface area contributed by atoms with Crippen molar-refractivity contribution < 1.29 is 9.18 Å². The lowest BCUT2D eigenvalue weighted by Gasteiger charge is -2.23. The van der Waals surface area contributed by atoms with Crippen molar-refractivity contribution in [3.63, 3.8) is 0 Å². The smallest absolute Gasteiger partial charge is 0.255 e. The molecule has 1 heterocycles. The molecular formula is C18H21FN2O. The third-order valence-corrected chi connectivity index (χ3v) is 3.56. The Hall–Kier alpha value is -2.23. The maximum absolute atomic E-state index is 13.8. The number of pyridine rings is 1. The van der Waals surface area contributed by atoms with Gasteiger partial charge in [-0.1, -0.05) is 25.1 Å². The molecule has 0 spiro atoms. The average molecular weight is 300 g/mol. The summed E-state index contributed by atoms with van der Waals surface area (Å²) in [6.45, 7) is 6.58. The number of rotatable bonds is 5. The topological polar surface area (TPSA) is 33.2 Å². The SMILES string of the molecule is CCCN(Cc1ccccc1F)C(=O)c1ccc(C)nc1C. The molecular weight excluding hydrogens is 279 g/mol. The molecule has 2 aromatic rings. The van der Waals surface area contributed by atoms with Crippen LogP contribution in [0.1, 0.15) is 40.7 Å². The van der Waals surface area contributed by atoms with Crippen LogP contribution in [0.25, 0.3) is 0 Å². The number of aromatic nitrogens is 1. The summed E-state index contributed by atoms with van der Waals surface area (Å²) in [7, 11) is 0. The summed E-state index contributed by atoms with van der Waals surface area (Å²) in [6, 6.07) is 10.2. The molecule has 0 saturated carbocycles. The summed E-state index contributed by atoms with van der Waals surface area (Å²) in [5, 5.41) is 0. The first-order valence-corrected chi connectivity index (χ1v) is 7.50. The van der Waals surface area contributed by atoms with Gasteiger partial charge in [0, 0.05) is 24.3 Å². The fourth-order valence-corrected chi connectivity index (χ4v) is 2.44. The van der Waals surface area contributed by atoms with Crippen molar-refractivity contribution in [3.8, 4) is 0 Å². The highest BCUT2D eigenvalue weighted by Crippen LogP contribution is 2.15. The molecule has 0 aliphatic rings. The molecule has 0 aliphatic carbocycles. The Kier molecular flexibility index (Phi) is 5.26. The molecule has 0 atom stereocenters. The fourth-order valence-electron chi connectivity index (χ4n) is 2.44. The molecule has 0 saturated heterocycles. The number of carbonyl (C=O) groups is 1. The van der Waals surface area contributed by atoms with Crippen molar-refractivity contribution in [2.75, 3.05) is 6.54 Å². The van der Waals surface area contributed by atoms with Crippen LogP contribution in [-0.4, -0.2) is 22.3 Å². The molecule has 2 rings (SSSR count). The number of benzene rings is 1. The molecule has 0 radical (unpaired) electrons. The van der Waals surface area contributed by atoms with E-state index < -0.39 is 0 Å². The van der Waals surface area contributed by atoms with Crippen molar-refractivity contribution in [2.24, 2.45) is 0 Å². The van der Waals surface area contributed by atoms with Crippen LogP contribution in [0.3, 0.4) is 0 Å². The Labute approximate surface area is 130 Å². The molecule has 0 aliphatic heterocycles. The molecule has 1 aromatic heterocycles. The molecule has 22 heavy (non-hydrogen) atoms. The zero-order valence-electron chi connectivity index (χ0n) is 13.3. The van der Waals surface area contributed by atoms with E-state index in [0.717, 1.165) is 12.1 Å². The number of nitrogens with zero attached hydrogens (tertiary/aromatic N) is 2. The van der Waals surface area contributed by atoms with Gasteiger partial charge in [-0.3, -0.25) is 9.78 Å². The summed E-state index contributed by atoms with van der Waals surface area (Å²) < 4.78 is 13.8. The van der Waals surface area contributed by atoms with Crippen molar-refractivity contribution in [1.82, 2.24) is 9.88 Å². The van der Waals surface area contributed by atoms with E-state index in [1.165, 1.54) is 6.07 Å². The second-order valence-corrected chi connectivity index (χ2v) is 5.40. The third kappa shape index (κ3) is 3.70. The number of amides is 1. The van der Waals surface area contributed by atoms with Crippen LogP contribution in [0, 0.1) is 19.7 Å². The molecule has 0 bridgehead atoms. The minimum atomic E-state index is -0.282. The third-order valence-electron chi connectivity index (χ3n) is 3.56. The van der Waals surface area contributed by atoms with Crippen molar-refractivity contribution in [3.05, 3.63) is 64.7 Å². The molecule has 116 valence electrons. The molecule has 0 N–H and O–H groups in total. The second-order valence-electron chi connectivity index (χ2n) is 5.40. The maximum atomic E-state index is 13.8. The van der Waals surface area contributed by atoms with Crippen LogP contribution in [0.2, 0.25) is 0 Å². The van der Waals surface area contributed by atoms with E-state index in [9.17, 15) is 9.18 Å². The summed E-state index contributed by atoms with van der Waals surface area (Å²) >= 11 is 0. The standard InChI is InChI=1S/C18H21FN2O/c1-4-11-21(12-15-7-5-6-8-17(15)19)18(22)16-10-9-13(2)20-14(16)3/h5-10H,4,11-12H2,1-3H3. The first kappa shape index (κ1) is 16.1. The molecule has 1 aromatic carbocycles. The summed E-state index contributed by atoms with van der Waals surface area (Å²) in [5.74, 6) is -0.384. The largest absolute Gasteiger partial charge is 0.334 e. The number of hydrogen-bond donors (Lipinski definition) is 0. The monoisotopic (exact) mass is 300 g/mol. The van der Waals surface area contributed by atoms with Gasteiger partial charge in [-0.2, -0.15) is 0 Å². The van der Waals surface area contributed by atoms with E-state index in [-0.39, 0.29) is 18.3 Å². The van der Waals surface area contributed by atoms with Gasteiger partial charge < -0.3 is 4.90 Å². The number of carbonyl (C=O) groups excluding carboxylic acids is 1. The molecule has 4 heteroatoms. The Morgan fingerprint density at radius 3 is 2.55 bits per heavy atom. The highest BCUT2D eigenvalue weighted by Gasteiger charge is 2.19. The Bertz CT molecular complexity index is 670. The molecule has 0 unspecified atom stereocenters. The molecule has 3 nitrogen and oxygen atoms in total. The van der Waals surface area contributed by atoms with Crippen LogP contribution in [-0.2, 0) is 6.54 Å². The maximum Gasteiger partial charge on any atom is 0.255 e. The van der Waals surface area contributed by atoms with Crippen molar-refractivity contribution in [1.29, 1.82) is 0 Å². The average Bonchev–Trinajstić information content (AvgIpc) is 2.48. The van der Waals surface area contributed by atoms with Gasteiger partial charge in [0.2, 0.25) is 0 Å². The van der Waals surface area contributed by atoms with Gasteiger partial charge in [0.05, 0.1) is 11.3 Å². The predicted molar refractivity (Wildman–Crippen MR) is 85.1 cm³/mol. The Morgan fingerprint density at radius 2 is 1.91 bits per heavy atom. The fraction of sp³-hybridized carbons (Fsp3) is 0.333.